The molecule has 0 aliphatic rings. The average molecular weight is 157 g/mol. The number of aromatic amines is 1. The van der Waals surface area contributed by atoms with Crippen LogP contribution in [0.3, 0.4) is 0 Å². The topological polar surface area (TPSA) is 114 Å². The number of nitrogens with one attached hydrogen (secondary N) is 1. The normalized spacial score (nSPS) is 16.3. The minimum Gasteiger partial charge on any atom is -0.394 e. The molecule has 1 heterocycles. The summed E-state index contributed by atoms with van der Waals surface area (Å²) in [5, 5.41) is 14.9. The maximum atomic E-state index is 8.80. The van der Waals surface area contributed by atoms with Crippen molar-refractivity contribution >= 4 is 5.95 Å². The van der Waals surface area contributed by atoms with E-state index < -0.39 is 5.54 Å². The van der Waals surface area contributed by atoms with Crippen LogP contribution >= 0.6 is 0 Å². The van der Waals surface area contributed by atoms with Crippen LogP contribution in [0.5, 0.6) is 0 Å². The summed E-state index contributed by atoms with van der Waals surface area (Å²) in [5.74, 6) is 0.516. The van der Waals surface area contributed by atoms with E-state index >= 15 is 0 Å². The molecular weight excluding hydrogens is 146 g/mol. The Morgan fingerprint density at radius 1 is 1.73 bits per heavy atom. The Labute approximate surface area is 63.6 Å². The largest absolute Gasteiger partial charge is 0.394 e. The molecule has 6 heteroatoms. The van der Waals surface area contributed by atoms with Crippen LogP contribution in [0.2, 0.25) is 0 Å². The predicted octanol–water partition coefficient (Wildman–Crippen LogP) is -1.45. The summed E-state index contributed by atoms with van der Waals surface area (Å²) < 4.78 is 0. The molecule has 0 aromatic carbocycles. The van der Waals surface area contributed by atoms with Crippen LogP contribution in [0.4, 0.5) is 5.95 Å². The SMILES string of the molecule is CC(N)(CO)c1nc(N)n[nH]1. The number of aliphatic hydroxyl groups is 1. The van der Waals surface area contributed by atoms with Gasteiger partial charge >= 0.3 is 0 Å². The number of anilines is 1. The minimum atomic E-state index is -0.898. The van der Waals surface area contributed by atoms with Gasteiger partial charge in [-0.05, 0) is 6.92 Å². The van der Waals surface area contributed by atoms with Gasteiger partial charge in [-0.3, -0.25) is 5.10 Å². The Balaban J connectivity index is 2.92. The molecule has 1 rings (SSSR count). The first-order chi connectivity index (χ1) is 5.06. The summed E-state index contributed by atoms with van der Waals surface area (Å²) in [6, 6.07) is 0. The van der Waals surface area contributed by atoms with Crippen LogP contribution in [0.25, 0.3) is 0 Å². The number of aromatic nitrogens is 3. The Morgan fingerprint density at radius 2 is 2.36 bits per heavy atom. The van der Waals surface area contributed by atoms with Crippen LogP contribution < -0.4 is 11.5 Å². The zero-order valence-electron chi connectivity index (χ0n) is 6.20. The molecule has 11 heavy (non-hydrogen) atoms. The third kappa shape index (κ3) is 1.47. The summed E-state index contributed by atoms with van der Waals surface area (Å²) in [6.07, 6.45) is 0. The van der Waals surface area contributed by atoms with Gasteiger partial charge in [0.1, 0.15) is 5.82 Å². The second-order valence-electron chi connectivity index (χ2n) is 2.62. The van der Waals surface area contributed by atoms with Crippen LogP contribution in [-0.4, -0.2) is 26.9 Å². The van der Waals surface area contributed by atoms with Crippen molar-refractivity contribution in [1.29, 1.82) is 0 Å². The van der Waals surface area contributed by atoms with Crippen molar-refractivity contribution < 1.29 is 5.11 Å². The lowest BCUT2D eigenvalue weighted by atomic mass is 10.1. The second kappa shape index (κ2) is 2.48. The van der Waals surface area contributed by atoms with E-state index in [2.05, 4.69) is 15.2 Å². The Bertz CT molecular complexity index is 243. The highest BCUT2D eigenvalue weighted by Crippen LogP contribution is 2.11. The standard InChI is InChI=1S/C5H11N5O/c1-5(7,2-11)3-8-4(6)10-9-3/h11H,2,7H2,1H3,(H3,6,8,9,10). The molecular formula is C5H11N5O. The quantitative estimate of drug-likeness (QED) is 0.419. The van der Waals surface area contributed by atoms with Gasteiger partial charge in [0.15, 0.2) is 0 Å². The molecule has 6 nitrogen and oxygen atoms in total. The molecule has 1 aromatic heterocycles. The van der Waals surface area contributed by atoms with Gasteiger partial charge in [-0.2, -0.15) is 4.98 Å². The van der Waals surface area contributed by atoms with Crippen LogP contribution in [-0.2, 0) is 5.54 Å². The predicted molar refractivity (Wildman–Crippen MR) is 39.4 cm³/mol. The molecule has 0 amide bonds. The van der Waals surface area contributed by atoms with Gasteiger partial charge in [0.05, 0.1) is 12.1 Å². The second-order valence-corrected chi connectivity index (χ2v) is 2.62. The molecule has 6 N–H and O–H groups in total. The van der Waals surface area contributed by atoms with Gasteiger partial charge in [-0.15, -0.1) is 5.10 Å². The fourth-order valence-corrected chi connectivity index (χ4v) is 0.605. The summed E-state index contributed by atoms with van der Waals surface area (Å²) in [6.45, 7) is 1.43. The van der Waals surface area contributed by atoms with Gasteiger partial charge < -0.3 is 16.6 Å². The third-order valence-corrected chi connectivity index (χ3v) is 1.37. The van der Waals surface area contributed by atoms with Crippen LogP contribution in [0, 0.1) is 0 Å². The number of aliphatic hydroxyl groups excluding tert-OH is 1. The lowest BCUT2D eigenvalue weighted by molar-refractivity contribution is 0.203. The van der Waals surface area contributed by atoms with Crippen molar-refractivity contribution in [3.05, 3.63) is 5.82 Å². The van der Waals surface area contributed by atoms with Gasteiger partial charge in [-0.1, -0.05) is 0 Å². The average Bonchev–Trinajstić information content (AvgIpc) is 2.36. The Hall–Kier alpha value is -1.14. The molecule has 0 aliphatic carbocycles. The molecule has 0 fully saturated rings. The summed E-state index contributed by atoms with van der Waals surface area (Å²) in [5.41, 5.74) is 9.95. The number of nitrogens with zero attached hydrogens (tertiary/aromatic N) is 2. The van der Waals surface area contributed by atoms with Crippen LogP contribution in [0.15, 0.2) is 0 Å². The maximum Gasteiger partial charge on any atom is 0.239 e. The molecule has 0 bridgehead atoms. The van der Waals surface area contributed by atoms with Gasteiger partial charge in [0.2, 0.25) is 5.95 Å². The van der Waals surface area contributed by atoms with E-state index in [1.54, 1.807) is 6.92 Å². The monoisotopic (exact) mass is 157 g/mol. The number of nitrogens with two attached hydrogens (primary N) is 2. The van der Waals surface area contributed by atoms with Gasteiger partial charge in [0, 0.05) is 0 Å². The van der Waals surface area contributed by atoms with Crippen molar-refractivity contribution in [3.63, 3.8) is 0 Å². The molecule has 1 unspecified atom stereocenters. The molecule has 1 atom stereocenters. The first-order valence-corrected chi connectivity index (χ1v) is 3.14. The van der Waals surface area contributed by atoms with E-state index in [1.807, 2.05) is 0 Å². The Kier molecular flexibility index (Phi) is 1.79. The first kappa shape index (κ1) is 7.96. The lowest BCUT2D eigenvalue weighted by Crippen LogP contribution is -2.38. The molecule has 0 radical (unpaired) electrons. The van der Waals surface area contributed by atoms with Crippen LogP contribution in [0.1, 0.15) is 12.7 Å². The molecule has 0 saturated carbocycles. The van der Waals surface area contributed by atoms with Crippen molar-refractivity contribution in [3.8, 4) is 0 Å². The zero-order chi connectivity index (χ0) is 8.48. The highest BCUT2D eigenvalue weighted by atomic mass is 16.3. The third-order valence-electron chi connectivity index (χ3n) is 1.37. The zero-order valence-corrected chi connectivity index (χ0v) is 6.20. The van der Waals surface area contributed by atoms with Crippen molar-refractivity contribution in [2.24, 2.45) is 5.73 Å². The number of H-pyrrole nitrogens is 1. The minimum absolute atomic E-state index is 0.130. The van der Waals surface area contributed by atoms with Crippen molar-refractivity contribution in [1.82, 2.24) is 15.2 Å². The van der Waals surface area contributed by atoms with E-state index in [0.717, 1.165) is 0 Å². The molecule has 0 saturated heterocycles. The fourth-order valence-electron chi connectivity index (χ4n) is 0.605. The number of hydrogen-bond acceptors (Lipinski definition) is 5. The number of hydrogen-bond donors (Lipinski definition) is 4. The molecule has 62 valence electrons. The highest BCUT2D eigenvalue weighted by Gasteiger charge is 2.23. The smallest absolute Gasteiger partial charge is 0.239 e. The highest BCUT2D eigenvalue weighted by molar-refractivity contribution is 5.16. The summed E-state index contributed by atoms with van der Waals surface area (Å²) in [4.78, 5) is 3.78. The molecule has 0 spiro atoms. The van der Waals surface area contributed by atoms with E-state index in [4.69, 9.17) is 16.6 Å². The van der Waals surface area contributed by atoms with E-state index in [1.165, 1.54) is 0 Å². The Morgan fingerprint density at radius 3 is 2.73 bits per heavy atom. The fraction of sp³-hybridized carbons (Fsp3) is 0.600. The molecule has 0 aliphatic heterocycles. The van der Waals surface area contributed by atoms with E-state index in [9.17, 15) is 0 Å². The number of nitrogen functional groups attached to an aromatic ring is 1. The van der Waals surface area contributed by atoms with Gasteiger partial charge in [0.25, 0.3) is 0 Å². The number of rotatable bonds is 2. The van der Waals surface area contributed by atoms with E-state index in [-0.39, 0.29) is 12.6 Å². The summed E-state index contributed by atoms with van der Waals surface area (Å²) in [7, 11) is 0. The lowest BCUT2D eigenvalue weighted by Gasteiger charge is -2.17. The van der Waals surface area contributed by atoms with E-state index in [0.29, 0.717) is 5.82 Å². The van der Waals surface area contributed by atoms with Crippen molar-refractivity contribution in [2.75, 3.05) is 12.3 Å². The summed E-state index contributed by atoms with van der Waals surface area (Å²) >= 11 is 0. The molecule has 1 aromatic rings. The first-order valence-electron chi connectivity index (χ1n) is 3.14. The maximum absolute atomic E-state index is 8.80. The van der Waals surface area contributed by atoms with Gasteiger partial charge in [-0.25, -0.2) is 0 Å². The van der Waals surface area contributed by atoms with Crippen molar-refractivity contribution in [2.45, 2.75) is 12.5 Å².